The average Bonchev–Trinajstić information content (AvgIpc) is 3.29. The molecule has 39 heavy (non-hydrogen) atoms. The van der Waals surface area contributed by atoms with Gasteiger partial charge in [-0.05, 0) is 23.3 Å². The van der Waals surface area contributed by atoms with E-state index in [1.807, 2.05) is 6.07 Å². The van der Waals surface area contributed by atoms with Crippen molar-refractivity contribution >= 4 is 34.8 Å². The first-order valence-electron chi connectivity index (χ1n) is 11.9. The second-order valence-electron chi connectivity index (χ2n) is 8.76. The Morgan fingerprint density at radius 2 is 1.41 bits per heavy atom. The van der Waals surface area contributed by atoms with Gasteiger partial charge in [0.1, 0.15) is 17.7 Å². The van der Waals surface area contributed by atoms with Crippen LogP contribution in [-0.2, 0) is 14.3 Å². The van der Waals surface area contributed by atoms with E-state index in [1.165, 1.54) is 36.4 Å². The number of Topliss-reactive ketones (excluding diaryl/α,β-unsaturated/α-hetero) is 2. The van der Waals surface area contributed by atoms with Gasteiger partial charge in [0.25, 0.3) is 11.6 Å². The lowest BCUT2D eigenvalue weighted by Crippen LogP contribution is -2.38. The molecule has 4 aromatic carbocycles. The van der Waals surface area contributed by atoms with E-state index in [1.54, 1.807) is 60.7 Å². The first kappa shape index (κ1) is 25.2. The Hall–Kier alpha value is -5.44. The number of nitrogens with one attached hydrogen (secondary N) is 1. The smallest absolute Gasteiger partial charge is 0.339 e. The second-order valence-corrected chi connectivity index (χ2v) is 8.76. The summed E-state index contributed by atoms with van der Waals surface area (Å²) >= 11 is 0. The highest BCUT2D eigenvalue weighted by atomic mass is 16.6. The van der Waals surface area contributed by atoms with Crippen LogP contribution in [0.4, 0.5) is 11.4 Å². The van der Waals surface area contributed by atoms with Crippen LogP contribution < -0.4 is 5.32 Å². The number of nitro groups is 1. The first-order valence-corrected chi connectivity index (χ1v) is 11.9. The summed E-state index contributed by atoms with van der Waals surface area (Å²) in [5, 5.41) is 13.7. The third-order valence-corrected chi connectivity index (χ3v) is 6.44. The Bertz CT molecular complexity index is 1630. The molecule has 0 saturated heterocycles. The third-order valence-electron chi connectivity index (χ3n) is 6.44. The monoisotopic (exact) mass is 520 g/mol. The summed E-state index contributed by atoms with van der Waals surface area (Å²) in [7, 11) is 0. The van der Waals surface area contributed by atoms with Gasteiger partial charge in [-0.3, -0.25) is 24.5 Å². The van der Waals surface area contributed by atoms with Crippen LogP contribution in [0.5, 0.6) is 0 Å². The number of carbonyl (C=O) groups excluding carboxylic acids is 4. The van der Waals surface area contributed by atoms with Crippen molar-refractivity contribution in [3.8, 4) is 11.1 Å². The number of benzene rings is 4. The van der Waals surface area contributed by atoms with Crippen LogP contribution in [0.2, 0.25) is 0 Å². The van der Waals surface area contributed by atoms with Gasteiger partial charge in [0.2, 0.25) is 5.78 Å². The number of ether oxygens (including phenoxy) is 1. The molecule has 1 N–H and O–H groups in total. The lowest BCUT2D eigenvalue weighted by atomic mass is 9.82. The molecule has 0 radical (unpaired) electrons. The number of amides is 1. The molecule has 192 valence electrons. The summed E-state index contributed by atoms with van der Waals surface area (Å²) in [6.07, 6.45) is -1.37. The summed E-state index contributed by atoms with van der Waals surface area (Å²) in [6.45, 7) is 0. The van der Waals surface area contributed by atoms with Crippen molar-refractivity contribution in [1.29, 1.82) is 0 Å². The Balaban J connectivity index is 1.58. The van der Waals surface area contributed by atoms with E-state index in [-0.39, 0.29) is 16.8 Å². The number of hydrogen-bond donors (Lipinski definition) is 1. The molecule has 5 rings (SSSR count). The second kappa shape index (κ2) is 10.5. The predicted molar refractivity (Wildman–Crippen MR) is 141 cm³/mol. The van der Waals surface area contributed by atoms with E-state index in [0.29, 0.717) is 16.7 Å². The van der Waals surface area contributed by atoms with E-state index in [0.717, 1.165) is 0 Å². The zero-order chi connectivity index (χ0) is 27.5. The number of rotatable bonds is 8. The zero-order valence-corrected chi connectivity index (χ0v) is 20.3. The number of carbonyl (C=O) groups is 4. The zero-order valence-electron chi connectivity index (χ0n) is 20.3. The summed E-state index contributed by atoms with van der Waals surface area (Å²) in [4.78, 5) is 64.3. The molecule has 0 aliphatic carbocycles. The number of cyclic esters (lactones) is 1. The van der Waals surface area contributed by atoms with Crippen molar-refractivity contribution in [3.05, 3.63) is 130 Å². The average molecular weight is 520 g/mol. The van der Waals surface area contributed by atoms with Crippen LogP contribution in [-0.4, -0.2) is 28.4 Å². The predicted octanol–water partition coefficient (Wildman–Crippen LogP) is 5.18. The normalized spacial score (nSPS) is 14.6. The van der Waals surface area contributed by atoms with Gasteiger partial charge in [0, 0.05) is 17.2 Å². The van der Waals surface area contributed by atoms with Crippen LogP contribution in [0.15, 0.2) is 103 Å². The Kier molecular flexibility index (Phi) is 6.79. The van der Waals surface area contributed by atoms with Gasteiger partial charge in [-0.1, -0.05) is 84.9 Å². The fourth-order valence-corrected chi connectivity index (χ4v) is 4.61. The number of esters is 1. The Morgan fingerprint density at radius 3 is 2.15 bits per heavy atom. The molecule has 1 aliphatic heterocycles. The number of fused-ring (bicyclic) bond motifs is 1. The third kappa shape index (κ3) is 4.80. The highest BCUT2D eigenvalue weighted by Crippen LogP contribution is 2.39. The standard InChI is InChI=1S/C30H20N2O7/c33-26(20-13-5-4-12-19(20)18-10-2-1-3-11-18)25(28-21-14-6-7-15-22(21)30(36)39-28)27(34)29(35)31-23-16-8-9-17-24(23)32(37)38/h1-17,25,28H,(H,31,35). The van der Waals surface area contributed by atoms with Gasteiger partial charge in [-0.25, -0.2) is 4.79 Å². The molecule has 9 nitrogen and oxygen atoms in total. The van der Waals surface area contributed by atoms with Crippen LogP contribution >= 0.6 is 0 Å². The molecule has 2 unspecified atom stereocenters. The SMILES string of the molecule is O=C(Nc1ccccc1[N+](=O)[O-])C(=O)C(C(=O)c1ccccc1-c1ccccc1)C1OC(=O)c2ccccc21. The molecule has 0 saturated carbocycles. The van der Waals surface area contributed by atoms with Gasteiger partial charge >= 0.3 is 5.97 Å². The molecule has 0 fully saturated rings. The van der Waals surface area contributed by atoms with Crippen molar-refractivity contribution < 1.29 is 28.8 Å². The lowest BCUT2D eigenvalue weighted by Gasteiger charge is -2.22. The number of nitro benzene ring substituents is 1. The molecular formula is C30H20N2O7. The molecule has 1 heterocycles. The van der Waals surface area contributed by atoms with Crippen LogP contribution in [0.1, 0.15) is 32.4 Å². The summed E-state index contributed by atoms with van der Waals surface area (Å²) < 4.78 is 5.50. The number of ketones is 2. The van der Waals surface area contributed by atoms with Crippen molar-refractivity contribution in [2.24, 2.45) is 5.92 Å². The van der Waals surface area contributed by atoms with E-state index in [9.17, 15) is 29.3 Å². The van der Waals surface area contributed by atoms with Gasteiger partial charge in [-0.15, -0.1) is 0 Å². The van der Waals surface area contributed by atoms with Gasteiger partial charge in [0.15, 0.2) is 5.78 Å². The first-order chi connectivity index (χ1) is 18.9. The molecule has 1 amide bonds. The maximum Gasteiger partial charge on any atom is 0.339 e. The van der Waals surface area contributed by atoms with Crippen LogP contribution in [0.3, 0.4) is 0 Å². The Morgan fingerprint density at radius 1 is 0.795 bits per heavy atom. The summed E-state index contributed by atoms with van der Waals surface area (Å²) in [5.41, 5.74) is 1.24. The summed E-state index contributed by atoms with van der Waals surface area (Å²) in [6, 6.07) is 27.3. The minimum atomic E-state index is -1.75. The van der Waals surface area contributed by atoms with E-state index < -0.39 is 46.1 Å². The fourth-order valence-electron chi connectivity index (χ4n) is 4.61. The van der Waals surface area contributed by atoms with Gasteiger partial charge in [-0.2, -0.15) is 0 Å². The van der Waals surface area contributed by atoms with E-state index in [2.05, 4.69) is 5.32 Å². The lowest BCUT2D eigenvalue weighted by molar-refractivity contribution is -0.383. The highest BCUT2D eigenvalue weighted by Gasteiger charge is 2.46. The largest absolute Gasteiger partial charge is 0.453 e. The van der Waals surface area contributed by atoms with Crippen molar-refractivity contribution in [3.63, 3.8) is 0 Å². The van der Waals surface area contributed by atoms with E-state index >= 15 is 0 Å². The molecule has 0 aromatic heterocycles. The fraction of sp³-hybridized carbons (Fsp3) is 0.0667. The molecule has 1 aliphatic rings. The minimum absolute atomic E-state index is 0.154. The van der Waals surface area contributed by atoms with Crippen molar-refractivity contribution in [2.45, 2.75) is 6.10 Å². The number of nitrogens with zero attached hydrogens (tertiary/aromatic N) is 1. The number of anilines is 1. The molecular weight excluding hydrogens is 500 g/mol. The molecule has 4 aromatic rings. The van der Waals surface area contributed by atoms with Crippen LogP contribution in [0, 0.1) is 16.0 Å². The number of hydrogen-bond acceptors (Lipinski definition) is 7. The molecule has 0 bridgehead atoms. The molecule has 2 atom stereocenters. The minimum Gasteiger partial charge on any atom is -0.453 e. The summed E-state index contributed by atoms with van der Waals surface area (Å²) in [5.74, 6) is -5.65. The highest BCUT2D eigenvalue weighted by molar-refractivity contribution is 6.45. The van der Waals surface area contributed by atoms with E-state index in [4.69, 9.17) is 4.74 Å². The maximum absolute atomic E-state index is 14.1. The van der Waals surface area contributed by atoms with Crippen LogP contribution in [0.25, 0.3) is 11.1 Å². The molecule has 0 spiro atoms. The number of para-hydroxylation sites is 2. The molecule has 9 heteroatoms. The van der Waals surface area contributed by atoms with Gasteiger partial charge < -0.3 is 10.1 Å². The maximum atomic E-state index is 14.1. The topological polar surface area (TPSA) is 133 Å². The van der Waals surface area contributed by atoms with Gasteiger partial charge in [0.05, 0.1) is 10.5 Å². The van der Waals surface area contributed by atoms with Crippen molar-refractivity contribution in [2.75, 3.05) is 5.32 Å². The Labute approximate surface area is 222 Å². The van der Waals surface area contributed by atoms with Crippen molar-refractivity contribution in [1.82, 2.24) is 0 Å². The quantitative estimate of drug-likeness (QED) is 0.0845.